The number of carbonyl (C=O) groups excluding carboxylic acids is 1. The second-order valence-corrected chi connectivity index (χ2v) is 8.79. The molecule has 37 heavy (non-hydrogen) atoms. The van der Waals surface area contributed by atoms with Gasteiger partial charge in [-0.2, -0.15) is 18.3 Å². The van der Waals surface area contributed by atoms with Gasteiger partial charge in [0.1, 0.15) is 12.2 Å². The van der Waals surface area contributed by atoms with Gasteiger partial charge in [0.25, 0.3) is 0 Å². The van der Waals surface area contributed by atoms with Gasteiger partial charge in [0.05, 0.1) is 18.1 Å². The Morgan fingerprint density at radius 3 is 2.57 bits per heavy atom. The molecule has 0 aliphatic rings. The molecule has 3 heterocycles. The number of nitrogens with one attached hydrogen (secondary N) is 2. The van der Waals surface area contributed by atoms with Gasteiger partial charge in [0, 0.05) is 29.2 Å². The summed E-state index contributed by atoms with van der Waals surface area (Å²) >= 11 is 0. The summed E-state index contributed by atoms with van der Waals surface area (Å²) in [6, 6.07) is 9.40. The quantitative estimate of drug-likeness (QED) is 0.301. The van der Waals surface area contributed by atoms with Crippen molar-refractivity contribution in [2.45, 2.75) is 38.4 Å². The predicted molar refractivity (Wildman–Crippen MR) is 131 cm³/mol. The van der Waals surface area contributed by atoms with E-state index in [2.05, 4.69) is 15.4 Å². The highest BCUT2D eigenvalue weighted by Gasteiger charge is 2.35. The number of aliphatic carboxylic acids is 1. The number of nitrogens with zero attached hydrogens (tertiary/aromatic N) is 4. The smallest absolute Gasteiger partial charge is 0.405 e. The van der Waals surface area contributed by atoms with E-state index in [0.717, 1.165) is 11.1 Å². The van der Waals surface area contributed by atoms with Crippen molar-refractivity contribution in [3.05, 3.63) is 61.2 Å². The first-order chi connectivity index (χ1) is 17.5. The number of anilines is 1. The fourth-order valence-corrected chi connectivity index (χ4v) is 4.03. The van der Waals surface area contributed by atoms with Crippen LogP contribution in [0.4, 0.5) is 23.7 Å². The van der Waals surface area contributed by atoms with Gasteiger partial charge < -0.3 is 15.7 Å². The normalized spacial score (nSPS) is 13.3. The summed E-state index contributed by atoms with van der Waals surface area (Å²) in [5, 5.41) is 18.2. The molecule has 0 saturated carbocycles. The Labute approximate surface area is 209 Å². The number of fused-ring (bicyclic) bond motifs is 1. The van der Waals surface area contributed by atoms with E-state index in [-0.39, 0.29) is 0 Å². The fraction of sp³-hybridized carbons (Fsp3) is 0.280. The van der Waals surface area contributed by atoms with Gasteiger partial charge in [-0.3, -0.25) is 9.08 Å². The summed E-state index contributed by atoms with van der Waals surface area (Å²) in [5.74, 6) is -0.952. The third kappa shape index (κ3) is 5.57. The number of hydrogen-bond acceptors (Lipinski definition) is 4. The molecule has 0 radical (unpaired) electrons. The number of pyridine rings is 1. The lowest BCUT2D eigenvalue weighted by molar-refractivity contribution is -0.147. The third-order valence-corrected chi connectivity index (χ3v) is 6.00. The van der Waals surface area contributed by atoms with E-state index in [1.807, 2.05) is 29.7 Å². The van der Waals surface area contributed by atoms with Crippen LogP contribution in [0.1, 0.15) is 26.7 Å². The highest BCUT2D eigenvalue weighted by molar-refractivity contribution is 5.90. The van der Waals surface area contributed by atoms with Crippen LogP contribution in [0.15, 0.2) is 61.2 Å². The number of carbonyl (C=O) groups is 2. The number of urea groups is 1. The number of carboxylic acids is 1. The molecule has 0 bridgehead atoms. The van der Waals surface area contributed by atoms with E-state index in [1.54, 1.807) is 55.1 Å². The second-order valence-electron chi connectivity index (χ2n) is 8.79. The van der Waals surface area contributed by atoms with Crippen molar-refractivity contribution in [3.8, 4) is 22.4 Å². The van der Waals surface area contributed by atoms with E-state index in [0.29, 0.717) is 35.4 Å². The molecule has 3 aromatic heterocycles. The van der Waals surface area contributed by atoms with E-state index in [1.165, 1.54) is 4.68 Å². The van der Waals surface area contributed by atoms with Gasteiger partial charge >= 0.3 is 18.2 Å². The Bertz CT molecular complexity index is 1440. The van der Waals surface area contributed by atoms with Crippen molar-refractivity contribution < 1.29 is 27.9 Å². The monoisotopic (exact) mass is 514 g/mol. The lowest BCUT2D eigenvalue weighted by Crippen LogP contribution is -2.39. The van der Waals surface area contributed by atoms with Crippen molar-refractivity contribution >= 4 is 23.3 Å². The molecule has 0 aliphatic heterocycles. The summed E-state index contributed by atoms with van der Waals surface area (Å²) in [6.45, 7) is 2.13. The first-order valence-corrected chi connectivity index (χ1v) is 11.5. The van der Waals surface area contributed by atoms with Crippen LogP contribution in [0.5, 0.6) is 0 Å². The first-order valence-electron chi connectivity index (χ1n) is 11.5. The van der Waals surface area contributed by atoms with Gasteiger partial charge in [-0.15, -0.1) is 0 Å². The number of hydrogen-bond donors (Lipinski definition) is 3. The summed E-state index contributed by atoms with van der Waals surface area (Å²) < 4.78 is 40.3. The van der Waals surface area contributed by atoms with Crippen LogP contribution in [0, 0.1) is 0 Å². The molecule has 3 N–H and O–H groups in total. The minimum Gasteiger partial charge on any atom is -0.479 e. The van der Waals surface area contributed by atoms with Gasteiger partial charge in [0.2, 0.25) is 0 Å². The lowest BCUT2D eigenvalue weighted by Gasteiger charge is -2.24. The van der Waals surface area contributed by atoms with E-state index in [4.69, 9.17) is 0 Å². The zero-order chi connectivity index (χ0) is 26.8. The lowest BCUT2D eigenvalue weighted by atomic mass is 9.96. The Hall–Kier alpha value is -4.35. The molecular weight excluding hydrogens is 489 g/mol. The predicted octanol–water partition coefficient (Wildman–Crippen LogP) is 5.15. The number of rotatable bonds is 8. The van der Waals surface area contributed by atoms with Gasteiger partial charge in [-0.25, -0.2) is 14.6 Å². The Kier molecular flexibility index (Phi) is 6.92. The third-order valence-electron chi connectivity index (χ3n) is 6.00. The zero-order valence-electron chi connectivity index (χ0n) is 20.1. The summed E-state index contributed by atoms with van der Waals surface area (Å²) in [6.07, 6.45) is 3.40. The SMILES string of the molecule is CCCC(C)(C(=O)O)n1cc(-c2ccn3c(-c4cccc(NC(=O)NCC(F)(F)F)c4)cnc3c2)cn1. The fourth-order valence-electron chi connectivity index (χ4n) is 4.03. The zero-order valence-corrected chi connectivity index (χ0v) is 20.1. The molecule has 1 unspecified atom stereocenters. The molecule has 1 atom stereocenters. The van der Waals surface area contributed by atoms with Gasteiger partial charge in [-0.1, -0.05) is 25.5 Å². The van der Waals surface area contributed by atoms with Crippen LogP contribution in [0.2, 0.25) is 0 Å². The molecule has 0 fully saturated rings. The van der Waals surface area contributed by atoms with Crippen molar-refractivity contribution in [1.29, 1.82) is 0 Å². The van der Waals surface area contributed by atoms with Crippen molar-refractivity contribution in [2.24, 2.45) is 0 Å². The number of benzene rings is 1. The Morgan fingerprint density at radius 2 is 1.86 bits per heavy atom. The molecule has 0 spiro atoms. The van der Waals surface area contributed by atoms with Crippen molar-refractivity contribution in [2.75, 3.05) is 11.9 Å². The first kappa shape index (κ1) is 25.7. The molecule has 194 valence electrons. The minimum absolute atomic E-state index is 0.324. The molecule has 0 saturated heterocycles. The van der Waals surface area contributed by atoms with E-state index >= 15 is 0 Å². The van der Waals surface area contributed by atoms with Gasteiger partial charge in [-0.05, 0) is 43.2 Å². The molecule has 4 rings (SSSR count). The van der Waals surface area contributed by atoms with Crippen LogP contribution in [0.25, 0.3) is 28.0 Å². The standard InChI is InChI=1S/C25H25F3N6O3/c1-3-8-24(2,22(35)36)34-14-18(12-31-34)16-7-9-33-20(13-29-21(33)11-16)17-5-4-6-19(10-17)32-23(37)30-15-25(26,27)28/h4-7,9-14H,3,8,15H2,1-2H3,(H,35,36)(H2,30,32,37). The van der Waals surface area contributed by atoms with Crippen molar-refractivity contribution in [1.82, 2.24) is 24.5 Å². The molecule has 12 heteroatoms. The van der Waals surface area contributed by atoms with E-state index in [9.17, 15) is 27.9 Å². The Morgan fingerprint density at radius 1 is 1.08 bits per heavy atom. The minimum atomic E-state index is -4.50. The average molecular weight is 515 g/mol. The van der Waals surface area contributed by atoms with Crippen LogP contribution >= 0.6 is 0 Å². The molecule has 9 nitrogen and oxygen atoms in total. The topological polar surface area (TPSA) is 114 Å². The summed E-state index contributed by atoms with van der Waals surface area (Å²) in [4.78, 5) is 28.1. The largest absolute Gasteiger partial charge is 0.479 e. The highest BCUT2D eigenvalue weighted by atomic mass is 19.4. The highest BCUT2D eigenvalue weighted by Crippen LogP contribution is 2.29. The van der Waals surface area contributed by atoms with Crippen LogP contribution in [0.3, 0.4) is 0 Å². The van der Waals surface area contributed by atoms with Crippen LogP contribution in [-0.4, -0.2) is 49.0 Å². The molecule has 0 aliphatic carbocycles. The molecule has 2 amide bonds. The number of carboxylic acid groups (broad SMARTS) is 1. The second kappa shape index (κ2) is 9.96. The molecule has 1 aromatic carbocycles. The van der Waals surface area contributed by atoms with E-state index < -0.39 is 30.3 Å². The van der Waals surface area contributed by atoms with Crippen LogP contribution in [-0.2, 0) is 10.3 Å². The van der Waals surface area contributed by atoms with Crippen LogP contribution < -0.4 is 10.6 Å². The maximum atomic E-state index is 12.3. The number of aromatic nitrogens is 4. The van der Waals surface area contributed by atoms with Gasteiger partial charge in [0.15, 0.2) is 5.54 Å². The number of halogens is 3. The number of imidazole rings is 1. The average Bonchev–Trinajstić information content (AvgIpc) is 3.50. The molecule has 4 aromatic rings. The number of alkyl halides is 3. The Balaban J connectivity index is 1.57. The number of amides is 2. The molecular formula is C25H25F3N6O3. The maximum absolute atomic E-state index is 12.3. The maximum Gasteiger partial charge on any atom is 0.405 e. The van der Waals surface area contributed by atoms with Crippen molar-refractivity contribution in [3.63, 3.8) is 0 Å². The summed E-state index contributed by atoms with van der Waals surface area (Å²) in [7, 11) is 0. The summed E-state index contributed by atoms with van der Waals surface area (Å²) in [5.41, 5.74) is 2.74.